The maximum Gasteiger partial charge on any atom is 0.236 e. The average Bonchev–Trinajstić information content (AvgIpc) is 2.89. The third kappa shape index (κ3) is 2.29. The van der Waals surface area contributed by atoms with Gasteiger partial charge in [-0.1, -0.05) is 39.0 Å². The summed E-state index contributed by atoms with van der Waals surface area (Å²) >= 11 is 0. The smallest absolute Gasteiger partial charge is 0.236 e. The van der Waals surface area contributed by atoms with Gasteiger partial charge in [0.1, 0.15) is 0 Å². The van der Waals surface area contributed by atoms with Crippen molar-refractivity contribution in [3.8, 4) is 0 Å². The van der Waals surface area contributed by atoms with E-state index < -0.39 is 11.5 Å². The highest BCUT2D eigenvalue weighted by atomic mass is 16.2. The van der Waals surface area contributed by atoms with Crippen molar-refractivity contribution < 1.29 is 9.59 Å². The number of carbonyl (C=O) groups is 2. The Kier molecular flexibility index (Phi) is 3.29. The number of hydrogen-bond acceptors (Lipinski definition) is 3. The third-order valence-corrected chi connectivity index (χ3v) is 4.59. The summed E-state index contributed by atoms with van der Waals surface area (Å²) in [4.78, 5) is 26.6. The van der Waals surface area contributed by atoms with Crippen LogP contribution in [-0.2, 0) is 15.0 Å². The lowest BCUT2D eigenvalue weighted by Crippen LogP contribution is -2.44. The molecule has 0 aliphatic carbocycles. The standard InChI is InChI=1S/C17H23N3O2/c1-16(2,3)9-20-10-17(8-13(20)14(18)21)11-6-4-5-7-12(11)19-15(17)22/h4-7,13H,8-10H2,1-3H3,(H2,18,21)(H,19,22). The fraction of sp³-hybridized carbons (Fsp3) is 0.529. The summed E-state index contributed by atoms with van der Waals surface area (Å²) < 4.78 is 0. The fourth-order valence-corrected chi connectivity index (χ4v) is 3.77. The summed E-state index contributed by atoms with van der Waals surface area (Å²) in [6.45, 7) is 7.65. The van der Waals surface area contributed by atoms with Crippen LogP contribution >= 0.6 is 0 Å². The summed E-state index contributed by atoms with van der Waals surface area (Å²) in [5.74, 6) is -0.366. The molecule has 0 saturated carbocycles. The monoisotopic (exact) mass is 301 g/mol. The Bertz CT molecular complexity index is 635. The highest BCUT2D eigenvalue weighted by molar-refractivity contribution is 6.07. The second kappa shape index (κ2) is 4.81. The molecule has 0 aromatic heterocycles. The second-order valence-corrected chi connectivity index (χ2v) is 7.67. The Labute approximate surface area is 130 Å². The van der Waals surface area contributed by atoms with Gasteiger partial charge in [0.25, 0.3) is 0 Å². The molecule has 1 saturated heterocycles. The largest absolute Gasteiger partial charge is 0.368 e. The third-order valence-electron chi connectivity index (χ3n) is 4.59. The zero-order valence-electron chi connectivity index (χ0n) is 13.3. The minimum absolute atomic E-state index is 0.0173. The predicted octanol–water partition coefficient (Wildman–Crippen LogP) is 1.48. The summed E-state index contributed by atoms with van der Waals surface area (Å²) in [6.07, 6.45) is 0.460. The Morgan fingerprint density at radius 3 is 2.73 bits per heavy atom. The van der Waals surface area contributed by atoms with E-state index in [9.17, 15) is 9.59 Å². The van der Waals surface area contributed by atoms with Crippen LogP contribution in [0.25, 0.3) is 0 Å². The van der Waals surface area contributed by atoms with Gasteiger partial charge in [0.05, 0.1) is 11.5 Å². The van der Waals surface area contributed by atoms with E-state index in [1.54, 1.807) is 0 Å². The van der Waals surface area contributed by atoms with E-state index in [1.807, 2.05) is 24.3 Å². The summed E-state index contributed by atoms with van der Waals surface area (Å²) in [5.41, 5.74) is 6.84. The van der Waals surface area contributed by atoms with Gasteiger partial charge in [-0.2, -0.15) is 0 Å². The number of nitrogens with two attached hydrogens (primary N) is 1. The molecule has 2 heterocycles. The first-order valence-electron chi connectivity index (χ1n) is 7.67. The van der Waals surface area contributed by atoms with E-state index in [4.69, 9.17) is 5.73 Å². The number of benzene rings is 1. The number of amides is 2. The maximum absolute atomic E-state index is 12.6. The molecule has 2 unspecified atom stereocenters. The quantitative estimate of drug-likeness (QED) is 0.869. The molecule has 5 nitrogen and oxygen atoms in total. The molecule has 3 rings (SSSR count). The molecule has 1 aromatic rings. The van der Waals surface area contributed by atoms with Crippen LogP contribution in [0.15, 0.2) is 24.3 Å². The van der Waals surface area contributed by atoms with E-state index in [1.165, 1.54) is 0 Å². The Balaban J connectivity index is 2.00. The van der Waals surface area contributed by atoms with E-state index in [-0.39, 0.29) is 17.2 Å². The molecule has 3 N–H and O–H groups in total. The van der Waals surface area contributed by atoms with E-state index >= 15 is 0 Å². The number of nitrogens with one attached hydrogen (secondary N) is 1. The topological polar surface area (TPSA) is 75.4 Å². The highest BCUT2D eigenvalue weighted by Crippen LogP contribution is 2.46. The number of anilines is 1. The van der Waals surface area contributed by atoms with Crippen molar-refractivity contribution in [1.82, 2.24) is 4.90 Å². The molecule has 2 amide bonds. The molecular weight excluding hydrogens is 278 g/mol. The second-order valence-electron chi connectivity index (χ2n) is 7.67. The number of carbonyl (C=O) groups excluding carboxylic acids is 2. The van der Waals surface area contributed by atoms with Crippen LogP contribution in [0.1, 0.15) is 32.8 Å². The Hall–Kier alpha value is -1.88. The number of primary amides is 1. The first-order valence-corrected chi connectivity index (χ1v) is 7.67. The van der Waals surface area contributed by atoms with Crippen molar-refractivity contribution in [3.05, 3.63) is 29.8 Å². The summed E-state index contributed by atoms with van der Waals surface area (Å²) in [5, 5.41) is 2.96. The fourth-order valence-electron chi connectivity index (χ4n) is 3.77. The Morgan fingerprint density at radius 1 is 1.41 bits per heavy atom. The predicted molar refractivity (Wildman–Crippen MR) is 85.4 cm³/mol. The number of hydrogen-bond donors (Lipinski definition) is 2. The zero-order valence-corrected chi connectivity index (χ0v) is 13.3. The molecule has 22 heavy (non-hydrogen) atoms. The van der Waals surface area contributed by atoms with Crippen molar-refractivity contribution >= 4 is 17.5 Å². The van der Waals surface area contributed by atoms with Crippen molar-refractivity contribution in [2.45, 2.75) is 38.6 Å². The van der Waals surface area contributed by atoms with Crippen LogP contribution in [-0.4, -0.2) is 35.8 Å². The number of rotatable bonds is 2. The summed E-state index contributed by atoms with van der Waals surface area (Å²) in [7, 11) is 0. The summed E-state index contributed by atoms with van der Waals surface area (Å²) in [6, 6.07) is 7.34. The lowest BCUT2D eigenvalue weighted by atomic mass is 9.79. The van der Waals surface area contributed by atoms with Crippen LogP contribution in [0.4, 0.5) is 5.69 Å². The minimum Gasteiger partial charge on any atom is -0.368 e. The van der Waals surface area contributed by atoms with Gasteiger partial charge in [0.2, 0.25) is 11.8 Å². The van der Waals surface area contributed by atoms with E-state index in [2.05, 4.69) is 31.0 Å². The first kappa shape index (κ1) is 15.0. The van der Waals surface area contributed by atoms with Crippen molar-refractivity contribution in [1.29, 1.82) is 0 Å². The van der Waals surface area contributed by atoms with Crippen molar-refractivity contribution in [2.24, 2.45) is 11.1 Å². The number of likely N-dealkylation sites (tertiary alicyclic amines) is 1. The maximum atomic E-state index is 12.6. The van der Waals surface area contributed by atoms with Crippen LogP contribution in [0.5, 0.6) is 0 Å². The van der Waals surface area contributed by atoms with Gasteiger partial charge in [-0.3, -0.25) is 14.5 Å². The molecule has 118 valence electrons. The molecule has 1 fully saturated rings. The Morgan fingerprint density at radius 2 is 2.09 bits per heavy atom. The van der Waals surface area contributed by atoms with Gasteiger partial charge in [-0.25, -0.2) is 0 Å². The zero-order chi connectivity index (χ0) is 16.1. The molecule has 2 atom stereocenters. The van der Waals surface area contributed by atoms with Gasteiger partial charge in [-0.05, 0) is 23.5 Å². The normalized spacial score (nSPS) is 28.0. The highest BCUT2D eigenvalue weighted by Gasteiger charge is 2.56. The van der Waals surface area contributed by atoms with Crippen molar-refractivity contribution in [2.75, 3.05) is 18.4 Å². The lowest BCUT2D eigenvalue weighted by Gasteiger charge is -2.30. The van der Waals surface area contributed by atoms with Crippen LogP contribution in [0.2, 0.25) is 0 Å². The number of nitrogens with zero attached hydrogens (tertiary/aromatic N) is 1. The van der Waals surface area contributed by atoms with Gasteiger partial charge >= 0.3 is 0 Å². The molecular formula is C17H23N3O2. The van der Waals surface area contributed by atoms with Gasteiger partial charge in [0.15, 0.2) is 0 Å². The van der Waals surface area contributed by atoms with Gasteiger partial charge in [0, 0.05) is 18.8 Å². The molecule has 1 aromatic carbocycles. The van der Waals surface area contributed by atoms with Crippen LogP contribution in [0, 0.1) is 5.41 Å². The number of fused-ring (bicyclic) bond motifs is 2. The molecule has 1 spiro atoms. The molecule has 2 aliphatic rings. The molecule has 5 heteroatoms. The average molecular weight is 301 g/mol. The minimum atomic E-state index is -0.651. The van der Waals surface area contributed by atoms with E-state index in [0.29, 0.717) is 13.0 Å². The van der Waals surface area contributed by atoms with E-state index in [0.717, 1.165) is 17.8 Å². The van der Waals surface area contributed by atoms with Crippen molar-refractivity contribution in [3.63, 3.8) is 0 Å². The first-order chi connectivity index (χ1) is 10.2. The SMILES string of the molecule is CC(C)(C)CN1CC2(CC1C(N)=O)C(=O)Nc1ccccc12. The van der Waals surface area contributed by atoms with Gasteiger partial charge < -0.3 is 11.1 Å². The molecule has 0 radical (unpaired) electrons. The van der Waals surface area contributed by atoms with Crippen LogP contribution < -0.4 is 11.1 Å². The van der Waals surface area contributed by atoms with Gasteiger partial charge in [-0.15, -0.1) is 0 Å². The van der Waals surface area contributed by atoms with Crippen LogP contribution in [0.3, 0.4) is 0 Å². The number of para-hydroxylation sites is 1. The molecule has 0 bridgehead atoms. The molecule has 2 aliphatic heterocycles. The lowest BCUT2D eigenvalue weighted by molar-refractivity contribution is -0.122.